The van der Waals surface area contributed by atoms with Gasteiger partial charge >= 0.3 is 0 Å². The van der Waals surface area contributed by atoms with Crippen molar-refractivity contribution in [1.29, 1.82) is 0 Å². The number of hydrogen-bond acceptors (Lipinski definition) is 7. The third-order valence-corrected chi connectivity index (χ3v) is 6.25. The van der Waals surface area contributed by atoms with Gasteiger partial charge in [-0.1, -0.05) is 12.1 Å². The van der Waals surface area contributed by atoms with E-state index in [1.807, 2.05) is 24.3 Å². The second-order valence-corrected chi connectivity index (χ2v) is 8.17. The molecule has 1 atom stereocenters. The lowest BCUT2D eigenvalue weighted by molar-refractivity contribution is -0.127. The maximum atomic E-state index is 12.6. The largest absolute Gasteiger partial charge is 0.423 e. The highest BCUT2D eigenvalue weighted by molar-refractivity contribution is 5.78. The van der Waals surface area contributed by atoms with Crippen LogP contribution in [0.5, 0.6) is 0 Å². The number of piperidine rings is 2. The number of hydrogen-bond donors (Lipinski definition) is 2. The Labute approximate surface area is 174 Å². The summed E-state index contributed by atoms with van der Waals surface area (Å²) in [7, 11) is 0. The third kappa shape index (κ3) is 4.02. The van der Waals surface area contributed by atoms with Crippen LogP contribution in [-0.4, -0.2) is 63.2 Å². The van der Waals surface area contributed by atoms with Gasteiger partial charge in [0, 0.05) is 25.7 Å². The second-order valence-electron chi connectivity index (χ2n) is 8.17. The highest BCUT2D eigenvalue weighted by Crippen LogP contribution is 2.28. The van der Waals surface area contributed by atoms with Gasteiger partial charge in [-0.3, -0.25) is 14.8 Å². The van der Waals surface area contributed by atoms with E-state index < -0.39 is 0 Å². The normalized spacial score (nSPS) is 21.2. The number of carbonyl (C=O) groups is 1. The van der Waals surface area contributed by atoms with Crippen LogP contribution in [0.2, 0.25) is 0 Å². The number of H-pyrrole nitrogens is 1. The number of benzene rings is 1. The SMILES string of the molecule is O=C(NCc1ncn[nH]1)[C@@H]1CCCN(C2CCN(c3nc4ccccc4o3)CC2)C1. The molecule has 0 spiro atoms. The molecule has 2 N–H and O–H groups in total. The molecule has 1 amide bonds. The lowest BCUT2D eigenvalue weighted by atomic mass is 9.93. The number of rotatable bonds is 5. The lowest BCUT2D eigenvalue weighted by Gasteiger charge is -2.41. The van der Waals surface area contributed by atoms with Gasteiger partial charge in [0.05, 0.1) is 12.5 Å². The molecule has 9 heteroatoms. The van der Waals surface area contributed by atoms with Crippen molar-refractivity contribution < 1.29 is 9.21 Å². The number of amides is 1. The number of aromatic amines is 1. The Balaban J connectivity index is 1.14. The third-order valence-electron chi connectivity index (χ3n) is 6.25. The minimum absolute atomic E-state index is 0.0386. The molecule has 2 aromatic heterocycles. The molecule has 30 heavy (non-hydrogen) atoms. The van der Waals surface area contributed by atoms with E-state index in [2.05, 4.69) is 35.3 Å². The fourth-order valence-corrected chi connectivity index (χ4v) is 4.60. The van der Waals surface area contributed by atoms with Gasteiger partial charge < -0.3 is 14.6 Å². The number of nitrogens with one attached hydrogen (secondary N) is 2. The summed E-state index contributed by atoms with van der Waals surface area (Å²) in [5.74, 6) is 0.833. The zero-order chi connectivity index (χ0) is 20.3. The predicted molar refractivity (Wildman–Crippen MR) is 112 cm³/mol. The van der Waals surface area contributed by atoms with E-state index in [0.717, 1.165) is 69.0 Å². The van der Waals surface area contributed by atoms with Gasteiger partial charge in [0.1, 0.15) is 17.7 Å². The number of para-hydroxylation sites is 2. The van der Waals surface area contributed by atoms with E-state index in [0.29, 0.717) is 18.4 Å². The Morgan fingerprint density at radius 3 is 2.87 bits per heavy atom. The van der Waals surface area contributed by atoms with Crippen molar-refractivity contribution in [3.8, 4) is 0 Å². The van der Waals surface area contributed by atoms with Crippen molar-refractivity contribution in [3.05, 3.63) is 36.4 Å². The number of fused-ring (bicyclic) bond motifs is 1. The van der Waals surface area contributed by atoms with E-state index in [-0.39, 0.29) is 11.8 Å². The molecule has 3 aromatic rings. The summed E-state index contributed by atoms with van der Waals surface area (Å²) in [6.45, 7) is 4.15. The van der Waals surface area contributed by atoms with Crippen molar-refractivity contribution in [2.24, 2.45) is 5.92 Å². The van der Waals surface area contributed by atoms with Crippen LogP contribution in [0.25, 0.3) is 11.1 Å². The molecule has 0 radical (unpaired) electrons. The van der Waals surface area contributed by atoms with E-state index >= 15 is 0 Å². The van der Waals surface area contributed by atoms with Crippen molar-refractivity contribution >= 4 is 23.0 Å². The fourth-order valence-electron chi connectivity index (χ4n) is 4.60. The van der Waals surface area contributed by atoms with Crippen LogP contribution in [0.3, 0.4) is 0 Å². The molecule has 2 fully saturated rings. The van der Waals surface area contributed by atoms with E-state index in [4.69, 9.17) is 4.42 Å². The van der Waals surface area contributed by atoms with Crippen LogP contribution < -0.4 is 10.2 Å². The molecule has 5 rings (SSSR count). The van der Waals surface area contributed by atoms with Crippen LogP contribution >= 0.6 is 0 Å². The molecule has 9 nitrogen and oxygen atoms in total. The first kappa shape index (κ1) is 19.0. The van der Waals surface area contributed by atoms with Crippen molar-refractivity contribution in [3.63, 3.8) is 0 Å². The van der Waals surface area contributed by atoms with Crippen molar-refractivity contribution in [2.75, 3.05) is 31.1 Å². The molecule has 158 valence electrons. The smallest absolute Gasteiger partial charge is 0.298 e. The van der Waals surface area contributed by atoms with Gasteiger partial charge in [-0.2, -0.15) is 10.1 Å². The number of anilines is 1. The van der Waals surface area contributed by atoms with Crippen LogP contribution in [0.4, 0.5) is 6.01 Å². The fraction of sp³-hybridized carbons (Fsp3) is 0.524. The summed E-state index contributed by atoms with van der Waals surface area (Å²) in [5.41, 5.74) is 1.75. The first-order chi connectivity index (χ1) is 14.8. The van der Waals surface area contributed by atoms with Gasteiger partial charge in [-0.15, -0.1) is 0 Å². The van der Waals surface area contributed by atoms with Gasteiger partial charge in [-0.05, 0) is 44.4 Å². The predicted octanol–water partition coefficient (Wildman–Crippen LogP) is 1.94. The zero-order valence-corrected chi connectivity index (χ0v) is 17.0. The average molecular weight is 409 g/mol. The Kier molecular flexibility index (Phi) is 5.35. The molecule has 4 heterocycles. The number of aromatic nitrogens is 4. The van der Waals surface area contributed by atoms with Gasteiger partial charge in [0.25, 0.3) is 6.01 Å². The maximum absolute atomic E-state index is 12.6. The summed E-state index contributed by atoms with van der Waals surface area (Å²) < 4.78 is 5.93. The van der Waals surface area contributed by atoms with E-state index in [9.17, 15) is 4.79 Å². The minimum atomic E-state index is 0.0386. The molecular formula is C21H27N7O2. The van der Waals surface area contributed by atoms with Gasteiger partial charge in [-0.25, -0.2) is 4.98 Å². The topological polar surface area (TPSA) is 103 Å². The Hall–Kier alpha value is -2.94. The second kappa shape index (κ2) is 8.43. The van der Waals surface area contributed by atoms with Crippen molar-refractivity contribution in [2.45, 2.75) is 38.3 Å². The van der Waals surface area contributed by atoms with Crippen LogP contribution in [0.15, 0.2) is 35.0 Å². The molecule has 2 saturated heterocycles. The quantitative estimate of drug-likeness (QED) is 0.664. The number of likely N-dealkylation sites (tertiary alicyclic amines) is 1. The minimum Gasteiger partial charge on any atom is -0.423 e. The summed E-state index contributed by atoms with van der Waals surface area (Å²) in [5, 5.41) is 9.58. The first-order valence-electron chi connectivity index (χ1n) is 10.7. The lowest BCUT2D eigenvalue weighted by Crippen LogP contribution is -2.50. The highest BCUT2D eigenvalue weighted by Gasteiger charge is 2.32. The maximum Gasteiger partial charge on any atom is 0.298 e. The summed E-state index contributed by atoms with van der Waals surface area (Å²) in [6, 6.07) is 9.12. The number of carbonyl (C=O) groups excluding carboxylic acids is 1. The molecule has 0 saturated carbocycles. The Morgan fingerprint density at radius 2 is 2.07 bits per heavy atom. The standard InChI is InChI=1S/C21H27N7O2/c29-20(22-12-19-23-14-24-26-19)15-4-3-9-28(13-15)16-7-10-27(11-8-16)21-25-17-5-1-2-6-18(17)30-21/h1-2,5-6,14-16H,3-4,7-13H2,(H,22,29)(H,23,24,26)/t15-/m1/s1. The van der Waals surface area contributed by atoms with E-state index in [1.54, 1.807) is 0 Å². The molecule has 0 bridgehead atoms. The molecule has 0 aliphatic carbocycles. The highest BCUT2D eigenvalue weighted by atomic mass is 16.4. The summed E-state index contributed by atoms with van der Waals surface area (Å²) >= 11 is 0. The van der Waals surface area contributed by atoms with Crippen molar-refractivity contribution in [1.82, 2.24) is 30.4 Å². The van der Waals surface area contributed by atoms with Gasteiger partial charge in [0.15, 0.2) is 5.58 Å². The zero-order valence-electron chi connectivity index (χ0n) is 17.0. The molecular weight excluding hydrogens is 382 g/mol. The van der Waals surface area contributed by atoms with Gasteiger partial charge in [0.2, 0.25) is 5.91 Å². The van der Waals surface area contributed by atoms with Crippen LogP contribution in [-0.2, 0) is 11.3 Å². The molecule has 2 aliphatic heterocycles. The summed E-state index contributed by atoms with van der Waals surface area (Å²) in [4.78, 5) is 26.0. The average Bonchev–Trinajstić information content (AvgIpc) is 3.47. The van der Waals surface area contributed by atoms with Crippen LogP contribution in [0, 0.1) is 5.92 Å². The number of oxazole rings is 1. The molecule has 0 unspecified atom stereocenters. The number of nitrogens with zero attached hydrogens (tertiary/aromatic N) is 5. The first-order valence-corrected chi connectivity index (χ1v) is 10.7. The molecule has 2 aliphatic rings. The van der Waals surface area contributed by atoms with Crippen LogP contribution in [0.1, 0.15) is 31.5 Å². The Morgan fingerprint density at radius 1 is 1.20 bits per heavy atom. The summed E-state index contributed by atoms with van der Waals surface area (Å²) in [6.07, 6.45) is 5.58. The Bertz CT molecular complexity index is 945. The monoisotopic (exact) mass is 409 g/mol. The van der Waals surface area contributed by atoms with E-state index in [1.165, 1.54) is 6.33 Å². The molecule has 1 aromatic carbocycles.